The van der Waals surface area contributed by atoms with Gasteiger partial charge >= 0.3 is 0 Å². The fourth-order valence-corrected chi connectivity index (χ4v) is 8.96. The molecule has 0 unspecified atom stereocenters. The molecule has 0 bridgehead atoms. The van der Waals surface area contributed by atoms with Gasteiger partial charge in [0.2, 0.25) is 0 Å². The molecule has 0 atom stereocenters. The number of hydrogen-bond acceptors (Lipinski definition) is 3. The first-order valence-corrected chi connectivity index (χ1v) is 21.7. The van der Waals surface area contributed by atoms with E-state index in [0.717, 1.165) is 63.6 Å². The molecule has 0 N–H and O–H groups in total. The highest BCUT2D eigenvalue weighted by Gasteiger charge is 2.25. The van der Waals surface area contributed by atoms with Crippen LogP contribution in [0.3, 0.4) is 0 Å². The van der Waals surface area contributed by atoms with Gasteiger partial charge in [-0.2, -0.15) is 0 Å². The van der Waals surface area contributed by atoms with E-state index < -0.39 is 0 Å². The summed E-state index contributed by atoms with van der Waals surface area (Å²) in [7, 11) is 0. The number of anilines is 5. The van der Waals surface area contributed by atoms with Gasteiger partial charge in [-0.3, -0.25) is 0 Å². The second kappa shape index (κ2) is 16.7. The zero-order valence-electron chi connectivity index (χ0n) is 34.8. The monoisotopic (exact) mass is 808 g/mol. The van der Waals surface area contributed by atoms with Crippen LogP contribution in [0.5, 0.6) is 0 Å². The van der Waals surface area contributed by atoms with Crippen LogP contribution >= 0.6 is 0 Å². The third-order valence-electron chi connectivity index (χ3n) is 12.2. The number of rotatable bonds is 10. The first-order chi connectivity index (χ1) is 31.2. The largest absolute Gasteiger partial charge is 0.460 e. The fourth-order valence-electron chi connectivity index (χ4n) is 8.96. The maximum Gasteiger partial charge on any atom is 0.135 e. The summed E-state index contributed by atoms with van der Waals surface area (Å²) < 4.78 is 6.65. The molecular formula is C60H44N2O. The lowest BCUT2D eigenvalue weighted by Gasteiger charge is -2.30. The second-order valence-corrected chi connectivity index (χ2v) is 16.1. The van der Waals surface area contributed by atoms with E-state index in [-0.39, 0.29) is 0 Å². The van der Waals surface area contributed by atoms with E-state index in [1.807, 2.05) is 0 Å². The van der Waals surface area contributed by atoms with E-state index in [1.165, 1.54) is 50.2 Å². The molecule has 63 heavy (non-hydrogen) atoms. The van der Waals surface area contributed by atoms with Crippen LogP contribution < -0.4 is 9.80 Å². The Morgan fingerprint density at radius 3 is 1.02 bits per heavy atom. The van der Waals surface area contributed by atoms with Gasteiger partial charge in [0, 0.05) is 51.5 Å². The van der Waals surface area contributed by atoms with Gasteiger partial charge in [-0.25, -0.2) is 0 Å². The van der Waals surface area contributed by atoms with E-state index in [0.29, 0.717) is 0 Å². The predicted molar refractivity (Wildman–Crippen MR) is 264 cm³/mol. The smallest absolute Gasteiger partial charge is 0.135 e. The van der Waals surface area contributed by atoms with Gasteiger partial charge in [-0.15, -0.1) is 0 Å². The standard InChI is InChI=1S/C60H44N2O/c1-5-13-43(14-6-1)47-21-29-51(30-22-47)61(52-31-23-48(24-32-52)44-15-7-2-8-16-44)55-37-39-59-57(41-55)58-42-56(38-40-60(58)63-59)62(53-33-25-49(26-34-53)45-17-9-3-10-18-45)54-35-27-50(28-36-54)46-19-11-4-12-20-46/h1-37,39,41-42H,38,40H2. The molecule has 1 heterocycles. The Bertz CT molecular complexity index is 2990. The van der Waals surface area contributed by atoms with Crippen molar-refractivity contribution in [2.75, 3.05) is 9.80 Å². The molecule has 0 radical (unpaired) electrons. The summed E-state index contributed by atoms with van der Waals surface area (Å²) in [4.78, 5) is 4.77. The average molecular weight is 809 g/mol. The lowest BCUT2D eigenvalue weighted by atomic mass is 9.97. The minimum atomic E-state index is 0.803. The molecule has 0 amide bonds. The SMILES string of the molecule is C1=C(N(c2ccc(-c3ccccc3)cc2)c2ccc(-c3ccccc3)cc2)CCc2oc3ccc(N(c4ccc(-c5ccccc5)cc4)c4ccc(-c5ccccc5)cc4)cc3c21. The molecule has 0 fully saturated rings. The van der Waals surface area contributed by atoms with Gasteiger partial charge in [-0.05, 0) is 124 Å². The van der Waals surface area contributed by atoms with Gasteiger partial charge in [0.1, 0.15) is 11.3 Å². The minimum Gasteiger partial charge on any atom is -0.460 e. The summed E-state index contributed by atoms with van der Waals surface area (Å²) in [6.45, 7) is 0. The van der Waals surface area contributed by atoms with Crippen molar-refractivity contribution < 1.29 is 4.42 Å². The number of allylic oxidation sites excluding steroid dienone is 1. The molecule has 3 nitrogen and oxygen atoms in total. The zero-order chi connectivity index (χ0) is 42.0. The Morgan fingerprint density at radius 1 is 0.302 bits per heavy atom. The maximum absolute atomic E-state index is 6.65. The molecule has 11 rings (SSSR count). The number of aryl methyl sites for hydroxylation is 1. The third-order valence-corrected chi connectivity index (χ3v) is 12.2. The Morgan fingerprint density at radius 2 is 0.635 bits per heavy atom. The Balaban J connectivity index is 1.00. The quantitative estimate of drug-likeness (QED) is 0.137. The molecule has 1 aliphatic carbocycles. The number of hydrogen-bond donors (Lipinski definition) is 0. The van der Waals surface area contributed by atoms with Crippen molar-refractivity contribution in [3.05, 3.63) is 254 Å². The molecule has 9 aromatic carbocycles. The summed E-state index contributed by atoms with van der Waals surface area (Å²) in [5.74, 6) is 1.02. The zero-order valence-corrected chi connectivity index (χ0v) is 34.8. The molecular weight excluding hydrogens is 765 g/mol. The van der Waals surface area contributed by atoms with Crippen molar-refractivity contribution in [3.63, 3.8) is 0 Å². The maximum atomic E-state index is 6.65. The number of benzene rings is 9. The lowest BCUT2D eigenvalue weighted by molar-refractivity contribution is 0.542. The second-order valence-electron chi connectivity index (χ2n) is 16.1. The molecule has 0 saturated heterocycles. The van der Waals surface area contributed by atoms with E-state index >= 15 is 0 Å². The molecule has 0 aliphatic heterocycles. The predicted octanol–water partition coefficient (Wildman–Crippen LogP) is 16.7. The van der Waals surface area contributed by atoms with Crippen LogP contribution in [0.4, 0.5) is 28.4 Å². The normalized spacial score (nSPS) is 12.1. The summed E-state index contributed by atoms with van der Waals surface area (Å²) in [6.07, 6.45) is 4.00. The first-order valence-electron chi connectivity index (χ1n) is 21.7. The van der Waals surface area contributed by atoms with Crippen LogP contribution in [0.25, 0.3) is 61.6 Å². The summed E-state index contributed by atoms with van der Waals surface area (Å²) in [5.41, 5.74) is 18.3. The highest BCUT2D eigenvalue weighted by molar-refractivity contribution is 5.95. The van der Waals surface area contributed by atoms with Crippen molar-refractivity contribution in [1.82, 2.24) is 0 Å². The highest BCUT2D eigenvalue weighted by Crippen LogP contribution is 2.43. The van der Waals surface area contributed by atoms with Crippen LogP contribution in [0, 0.1) is 0 Å². The van der Waals surface area contributed by atoms with Gasteiger partial charge in [0.25, 0.3) is 0 Å². The molecule has 3 heteroatoms. The van der Waals surface area contributed by atoms with Gasteiger partial charge in [0.05, 0.1) is 0 Å². The van der Waals surface area contributed by atoms with Gasteiger partial charge < -0.3 is 14.2 Å². The molecule has 1 aromatic heterocycles. The van der Waals surface area contributed by atoms with E-state index in [9.17, 15) is 0 Å². The van der Waals surface area contributed by atoms with Crippen molar-refractivity contribution in [1.29, 1.82) is 0 Å². The van der Waals surface area contributed by atoms with Crippen molar-refractivity contribution >= 4 is 45.5 Å². The molecule has 10 aromatic rings. The highest BCUT2D eigenvalue weighted by atomic mass is 16.3. The Kier molecular flexibility index (Phi) is 10.0. The van der Waals surface area contributed by atoms with E-state index in [2.05, 4.69) is 252 Å². The molecule has 0 saturated carbocycles. The average Bonchev–Trinajstić information content (AvgIpc) is 3.73. The van der Waals surface area contributed by atoms with E-state index in [1.54, 1.807) is 0 Å². The molecule has 1 aliphatic rings. The van der Waals surface area contributed by atoms with Crippen LogP contribution in [0.2, 0.25) is 0 Å². The molecule has 0 spiro atoms. The third kappa shape index (κ3) is 7.62. The van der Waals surface area contributed by atoms with Gasteiger partial charge in [0.15, 0.2) is 0 Å². The number of fused-ring (bicyclic) bond motifs is 3. The summed E-state index contributed by atoms with van der Waals surface area (Å²) in [5, 5.41) is 1.10. The lowest BCUT2D eigenvalue weighted by Crippen LogP contribution is -2.18. The Hall–Kier alpha value is -8.14. The van der Waals surface area contributed by atoms with Gasteiger partial charge in [-0.1, -0.05) is 170 Å². The van der Waals surface area contributed by atoms with Crippen LogP contribution in [0.15, 0.2) is 247 Å². The van der Waals surface area contributed by atoms with Crippen molar-refractivity contribution in [2.24, 2.45) is 0 Å². The van der Waals surface area contributed by atoms with E-state index in [4.69, 9.17) is 4.42 Å². The summed E-state index contributed by atoms with van der Waals surface area (Å²) >= 11 is 0. The minimum absolute atomic E-state index is 0.803. The van der Waals surface area contributed by atoms with Crippen molar-refractivity contribution in [3.8, 4) is 44.5 Å². The summed E-state index contributed by atoms with van der Waals surface area (Å²) in [6, 6.07) is 84.6. The Labute approximate surface area is 369 Å². The van der Waals surface area contributed by atoms with Crippen molar-refractivity contribution in [2.45, 2.75) is 12.8 Å². The molecule has 300 valence electrons. The fraction of sp³-hybridized carbons (Fsp3) is 0.0333. The van der Waals surface area contributed by atoms with Crippen LogP contribution in [0.1, 0.15) is 17.7 Å². The van der Waals surface area contributed by atoms with Crippen LogP contribution in [-0.4, -0.2) is 0 Å². The number of furan rings is 1. The number of nitrogens with zero attached hydrogens (tertiary/aromatic N) is 2. The first kappa shape index (κ1) is 37.8. The topological polar surface area (TPSA) is 19.6 Å². The van der Waals surface area contributed by atoms with Crippen LogP contribution in [-0.2, 0) is 6.42 Å².